The highest BCUT2D eigenvalue weighted by atomic mass is 16.5. The molecule has 3 aromatic rings. The Labute approximate surface area is 216 Å². The van der Waals surface area contributed by atoms with Crippen molar-refractivity contribution in [1.82, 2.24) is 4.57 Å². The van der Waals surface area contributed by atoms with Gasteiger partial charge in [0.2, 0.25) is 5.75 Å². The molecule has 194 valence electrons. The summed E-state index contributed by atoms with van der Waals surface area (Å²) in [5, 5.41) is 4.41. The molecule has 5 nitrogen and oxygen atoms in total. The molecule has 36 heavy (non-hydrogen) atoms. The first-order valence-electron chi connectivity index (χ1n) is 13.5. The Balaban J connectivity index is 1.97. The number of unbranched alkanes of at least 4 members (excludes halogenated alkanes) is 6. The molecule has 0 radical (unpaired) electrons. The maximum absolute atomic E-state index is 13.7. The van der Waals surface area contributed by atoms with Crippen molar-refractivity contribution in [3.8, 4) is 11.5 Å². The number of nitrogens with zero attached hydrogens (tertiary/aromatic N) is 1. The van der Waals surface area contributed by atoms with Crippen molar-refractivity contribution in [3.63, 3.8) is 0 Å². The molecule has 0 fully saturated rings. The van der Waals surface area contributed by atoms with Crippen LogP contribution < -0.4 is 20.3 Å². The van der Waals surface area contributed by atoms with Crippen molar-refractivity contribution in [2.75, 3.05) is 18.5 Å². The van der Waals surface area contributed by atoms with Gasteiger partial charge in [-0.15, -0.1) is 0 Å². The topological polar surface area (TPSA) is 52.5 Å². The minimum atomic E-state index is -0.135. The Morgan fingerprint density at radius 3 is 2.39 bits per heavy atom. The molecular weight excluding hydrogens is 448 g/mol. The van der Waals surface area contributed by atoms with Crippen LogP contribution in [0.2, 0.25) is 0 Å². The monoisotopic (exact) mass is 490 g/mol. The van der Waals surface area contributed by atoms with Crippen LogP contribution in [0.5, 0.6) is 11.5 Å². The van der Waals surface area contributed by atoms with E-state index in [4.69, 9.17) is 9.47 Å². The number of pyridine rings is 1. The van der Waals surface area contributed by atoms with Crippen molar-refractivity contribution in [2.24, 2.45) is 0 Å². The number of benzene rings is 2. The molecule has 3 rings (SSSR count). The molecule has 0 saturated heterocycles. The molecule has 1 N–H and O–H groups in total. The number of anilines is 1. The SMILES string of the molecule is C=CCOc1c(OCCCC)c2ccc(NCc3ccccc3)cc2n(CCCCCCCC)c1=O. The highest BCUT2D eigenvalue weighted by molar-refractivity contribution is 5.90. The summed E-state index contributed by atoms with van der Waals surface area (Å²) >= 11 is 0. The van der Waals surface area contributed by atoms with Crippen LogP contribution in [-0.4, -0.2) is 17.8 Å². The summed E-state index contributed by atoms with van der Waals surface area (Å²) in [5.41, 5.74) is 2.93. The van der Waals surface area contributed by atoms with Gasteiger partial charge in [0.1, 0.15) is 6.61 Å². The van der Waals surface area contributed by atoms with Crippen molar-refractivity contribution in [1.29, 1.82) is 0 Å². The van der Waals surface area contributed by atoms with Crippen LogP contribution in [0.3, 0.4) is 0 Å². The molecule has 0 amide bonds. The predicted octanol–water partition coefficient (Wildman–Crippen LogP) is 7.72. The van der Waals surface area contributed by atoms with Crippen molar-refractivity contribution < 1.29 is 9.47 Å². The Kier molecular flexibility index (Phi) is 11.4. The fourth-order valence-electron chi connectivity index (χ4n) is 4.31. The standard InChI is InChI=1S/C31H42N2O3/c1-4-7-9-10-11-15-20-33-28-23-26(32-24-25-16-13-12-14-17-25)18-19-27(28)29(36-22-8-5-2)30(31(33)34)35-21-6-3/h6,12-14,16-19,23,32H,3-5,7-11,15,20-22,24H2,1-2H3. The molecule has 1 aromatic heterocycles. The number of nitrogens with one attached hydrogen (secondary N) is 1. The number of aromatic nitrogens is 1. The number of aryl methyl sites for hydroxylation is 1. The molecule has 5 heteroatoms. The fourth-order valence-corrected chi connectivity index (χ4v) is 4.31. The molecule has 0 atom stereocenters. The lowest BCUT2D eigenvalue weighted by atomic mass is 10.1. The van der Waals surface area contributed by atoms with E-state index >= 15 is 0 Å². The Hall–Kier alpha value is -3.21. The van der Waals surface area contributed by atoms with Gasteiger partial charge in [-0.1, -0.05) is 95.4 Å². The molecule has 0 aliphatic rings. The van der Waals surface area contributed by atoms with E-state index in [9.17, 15) is 4.79 Å². The number of hydrogen-bond acceptors (Lipinski definition) is 4. The van der Waals surface area contributed by atoms with Gasteiger partial charge in [0.25, 0.3) is 5.56 Å². The molecule has 0 unspecified atom stereocenters. The van der Waals surface area contributed by atoms with Crippen LogP contribution >= 0.6 is 0 Å². The molecule has 0 spiro atoms. The highest BCUT2D eigenvalue weighted by Crippen LogP contribution is 2.35. The molecule has 1 heterocycles. The van der Waals surface area contributed by atoms with Crippen LogP contribution in [0.4, 0.5) is 5.69 Å². The van der Waals surface area contributed by atoms with Crippen molar-refractivity contribution in [3.05, 3.63) is 77.1 Å². The summed E-state index contributed by atoms with van der Waals surface area (Å²) < 4.78 is 13.9. The molecule has 2 aromatic carbocycles. The van der Waals surface area contributed by atoms with E-state index in [1.165, 1.54) is 31.2 Å². The summed E-state index contributed by atoms with van der Waals surface area (Å²) in [5.74, 6) is 0.827. The van der Waals surface area contributed by atoms with Gasteiger partial charge in [-0.2, -0.15) is 0 Å². The summed E-state index contributed by atoms with van der Waals surface area (Å²) in [4.78, 5) is 13.7. The summed E-state index contributed by atoms with van der Waals surface area (Å²) in [6, 6.07) is 16.5. The molecule has 0 saturated carbocycles. The number of hydrogen-bond donors (Lipinski definition) is 1. The third kappa shape index (κ3) is 7.64. The number of ether oxygens (including phenoxy) is 2. The van der Waals surface area contributed by atoms with E-state index in [0.29, 0.717) is 25.4 Å². The summed E-state index contributed by atoms with van der Waals surface area (Å²) in [6.07, 6.45) is 10.6. The van der Waals surface area contributed by atoms with Crippen LogP contribution in [0.25, 0.3) is 10.9 Å². The first-order valence-corrected chi connectivity index (χ1v) is 13.5. The molecular formula is C31H42N2O3. The molecule has 0 aliphatic heterocycles. The molecule has 0 aliphatic carbocycles. The second kappa shape index (κ2) is 15.0. The minimum absolute atomic E-state index is 0.135. The van der Waals surface area contributed by atoms with Gasteiger partial charge in [-0.05, 0) is 36.6 Å². The number of fused-ring (bicyclic) bond motifs is 1. The zero-order valence-corrected chi connectivity index (χ0v) is 22.1. The normalized spacial score (nSPS) is 10.9. The van der Waals surface area contributed by atoms with E-state index in [2.05, 4.69) is 50.0 Å². The Bertz CT molecular complexity index is 1140. The van der Waals surface area contributed by atoms with Gasteiger partial charge in [0.05, 0.1) is 12.1 Å². The second-order valence-corrected chi connectivity index (χ2v) is 9.26. The Morgan fingerprint density at radius 1 is 0.889 bits per heavy atom. The first-order chi connectivity index (χ1) is 17.7. The minimum Gasteiger partial charge on any atom is -0.489 e. The van der Waals surface area contributed by atoms with Gasteiger partial charge in [0, 0.05) is 24.2 Å². The van der Waals surface area contributed by atoms with E-state index in [0.717, 1.165) is 42.3 Å². The van der Waals surface area contributed by atoms with Gasteiger partial charge < -0.3 is 19.4 Å². The zero-order chi connectivity index (χ0) is 25.6. The molecule has 0 bridgehead atoms. The largest absolute Gasteiger partial charge is 0.489 e. The lowest BCUT2D eigenvalue weighted by molar-refractivity contribution is 0.278. The van der Waals surface area contributed by atoms with Crippen molar-refractivity contribution >= 4 is 16.6 Å². The van der Waals surface area contributed by atoms with Gasteiger partial charge in [-0.3, -0.25) is 4.79 Å². The van der Waals surface area contributed by atoms with E-state index < -0.39 is 0 Å². The summed E-state index contributed by atoms with van der Waals surface area (Å²) in [7, 11) is 0. The lowest BCUT2D eigenvalue weighted by Crippen LogP contribution is -2.24. The summed E-state index contributed by atoms with van der Waals surface area (Å²) in [6.45, 7) is 10.3. The van der Waals surface area contributed by atoms with Gasteiger partial charge >= 0.3 is 0 Å². The second-order valence-electron chi connectivity index (χ2n) is 9.26. The fraction of sp³-hybridized carbons (Fsp3) is 0.452. The smallest absolute Gasteiger partial charge is 0.297 e. The number of rotatable bonds is 17. The quantitative estimate of drug-likeness (QED) is 0.155. The van der Waals surface area contributed by atoms with Crippen LogP contribution in [-0.2, 0) is 13.1 Å². The predicted molar refractivity (Wildman–Crippen MR) is 151 cm³/mol. The average Bonchev–Trinajstić information content (AvgIpc) is 2.91. The maximum atomic E-state index is 13.7. The van der Waals surface area contributed by atoms with Gasteiger partial charge in [0.15, 0.2) is 5.75 Å². The van der Waals surface area contributed by atoms with Crippen LogP contribution in [0.15, 0.2) is 66.0 Å². The van der Waals surface area contributed by atoms with Crippen molar-refractivity contribution in [2.45, 2.75) is 78.3 Å². The lowest BCUT2D eigenvalue weighted by Gasteiger charge is -2.19. The third-order valence-electron chi connectivity index (χ3n) is 6.34. The van der Waals surface area contributed by atoms with E-state index in [-0.39, 0.29) is 17.9 Å². The first kappa shape index (κ1) is 27.4. The van der Waals surface area contributed by atoms with Crippen LogP contribution in [0, 0.1) is 0 Å². The Morgan fingerprint density at radius 2 is 1.64 bits per heavy atom. The third-order valence-corrected chi connectivity index (χ3v) is 6.34. The van der Waals surface area contributed by atoms with Crippen LogP contribution in [0.1, 0.15) is 70.8 Å². The highest BCUT2D eigenvalue weighted by Gasteiger charge is 2.20. The average molecular weight is 491 g/mol. The van der Waals surface area contributed by atoms with E-state index in [1.54, 1.807) is 6.08 Å². The maximum Gasteiger partial charge on any atom is 0.297 e. The van der Waals surface area contributed by atoms with Gasteiger partial charge in [-0.25, -0.2) is 0 Å². The zero-order valence-electron chi connectivity index (χ0n) is 22.1. The van der Waals surface area contributed by atoms with E-state index in [1.807, 2.05) is 28.8 Å².